The Kier molecular flexibility index (Phi) is 5.12. The SMILES string of the molecule is Cc1ccccc1N1C(=O)c2cc(-c3ccco3)nn2CC1(C)C(=O)NC1CCCCC1. The number of hydrogen-bond acceptors (Lipinski definition) is 4. The summed E-state index contributed by atoms with van der Waals surface area (Å²) in [6, 6.07) is 13.2. The Morgan fingerprint density at radius 3 is 2.66 bits per heavy atom. The molecule has 32 heavy (non-hydrogen) atoms. The van der Waals surface area contributed by atoms with E-state index in [2.05, 4.69) is 10.4 Å². The highest BCUT2D eigenvalue weighted by atomic mass is 16.3. The van der Waals surface area contributed by atoms with Gasteiger partial charge in [0.15, 0.2) is 5.76 Å². The Morgan fingerprint density at radius 1 is 1.16 bits per heavy atom. The zero-order valence-electron chi connectivity index (χ0n) is 18.5. The van der Waals surface area contributed by atoms with Crippen molar-refractivity contribution < 1.29 is 14.0 Å². The first kappa shape index (κ1) is 20.5. The lowest BCUT2D eigenvalue weighted by atomic mass is 9.90. The van der Waals surface area contributed by atoms with Gasteiger partial charge < -0.3 is 9.73 Å². The van der Waals surface area contributed by atoms with E-state index in [1.54, 1.807) is 28.0 Å². The van der Waals surface area contributed by atoms with Crippen LogP contribution in [0.25, 0.3) is 11.5 Å². The van der Waals surface area contributed by atoms with Gasteiger partial charge in [-0.3, -0.25) is 19.2 Å². The van der Waals surface area contributed by atoms with E-state index >= 15 is 0 Å². The standard InChI is InChI=1S/C25H28N4O3/c1-17-9-6-7-12-20(17)29-23(30)21-15-19(22-13-8-14-32-22)27-28(21)16-25(29,2)24(31)26-18-10-4-3-5-11-18/h6-9,12-15,18H,3-5,10-11,16H2,1-2H3,(H,26,31). The molecule has 0 radical (unpaired) electrons. The second kappa shape index (κ2) is 7.97. The molecule has 1 unspecified atom stereocenters. The predicted octanol–water partition coefficient (Wildman–Crippen LogP) is 4.32. The summed E-state index contributed by atoms with van der Waals surface area (Å²) < 4.78 is 7.13. The molecule has 1 aromatic carbocycles. The fourth-order valence-electron chi connectivity index (χ4n) is 4.91. The van der Waals surface area contributed by atoms with E-state index in [0.29, 0.717) is 17.1 Å². The number of carbonyl (C=O) groups excluding carboxylic acids is 2. The number of aryl methyl sites for hydroxylation is 1. The van der Waals surface area contributed by atoms with Gasteiger partial charge in [0.2, 0.25) is 5.91 Å². The van der Waals surface area contributed by atoms with E-state index in [1.807, 2.05) is 44.2 Å². The number of nitrogens with one attached hydrogen (secondary N) is 1. The highest BCUT2D eigenvalue weighted by Gasteiger charge is 2.49. The fourth-order valence-corrected chi connectivity index (χ4v) is 4.91. The van der Waals surface area contributed by atoms with E-state index < -0.39 is 5.54 Å². The molecule has 1 fully saturated rings. The molecule has 1 aliphatic carbocycles. The molecule has 5 rings (SSSR count). The van der Waals surface area contributed by atoms with Crippen LogP contribution in [0, 0.1) is 6.92 Å². The van der Waals surface area contributed by atoms with Gasteiger partial charge in [0.25, 0.3) is 5.91 Å². The molecule has 7 nitrogen and oxygen atoms in total. The maximum absolute atomic E-state index is 13.8. The van der Waals surface area contributed by atoms with Crippen molar-refractivity contribution >= 4 is 17.5 Å². The number of benzene rings is 1. The Bertz CT molecular complexity index is 1140. The van der Waals surface area contributed by atoms with Crippen LogP contribution >= 0.6 is 0 Å². The number of rotatable bonds is 4. The first-order chi connectivity index (χ1) is 15.5. The Labute approximate surface area is 187 Å². The Morgan fingerprint density at radius 2 is 1.94 bits per heavy atom. The van der Waals surface area contributed by atoms with Crippen molar-refractivity contribution in [3.05, 3.63) is 60.0 Å². The molecule has 7 heteroatoms. The number of fused-ring (bicyclic) bond motifs is 1. The van der Waals surface area contributed by atoms with Crippen LogP contribution in [0.15, 0.2) is 53.1 Å². The van der Waals surface area contributed by atoms with Gasteiger partial charge in [0, 0.05) is 17.8 Å². The maximum atomic E-state index is 13.8. The molecule has 2 aromatic heterocycles. The lowest BCUT2D eigenvalue weighted by Crippen LogP contribution is -2.65. The quantitative estimate of drug-likeness (QED) is 0.666. The summed E-state index contributed by atoms with van der Waals surface area (Å²) >= 11 is 0. The Hall–Kier alpha value is -3.35. The van der Waals surface area contributed by atoms with Crippen LogP contribution in [-0.2, 0) is 11.3 Å². The van der Waals surface area contributed by atoms with E-state index in [4.69, 9.17) is 4.42 Å². The first-order valence-corrected chi connectivity index (χ1v) is 11.3. The number of para-hydroxylation sites is 1. The summed E-state index contributed by atoms with van der Waals surface area (Å²) in [6.07, 6.45) is 7.00. The van der Waals surface area contributed by atoms with Gasteiger partial charge in [-0.15, -0.1) is 0 Å². The minimum atomic E-state index is -1.11. The molecule has 0 spiro atoms. The van der Waals surface area contributed by atoms with Crippen LogP contribution in [0.1, 0.15) is 55.1 Å². The van der Waals surface area contributed by atoms with E-state index in [1.165, 1.54) is 6.42 Å². The third kappa shape index (κ3) is 3.42. The molecule has 2 aliphatic rings. The van der Waals surface area contributed by atoms with Crippen LogP contribution in [0.2, 0.25) is 0 Å². The molecule has 3 heterocycles. The molecule has 166 valence electrons. The second-order valence-electron chi connectivity index (χ2n) is 9.06. The van der Waals surface area contributed by atoms with Crippen molar-refractivity contribution in [2.75, 3.05) is 4.90 Å². The number of carbonyl (C=O) groups is 2. The highest BCUT2D eigenvalue weighted by molar-refractivity contribution is 6.12. The molecular weight excluding hydrogens is 404 g/mol. The summed E-state index contributed by atoms with van der Waals surface area (Å²) in [4.78, 5) is 29.2. The number of nitrogens with zero attached hydrogens (tertiary/aromatic N) is 3. The van der Waals surface area contributed by atoms with E-state index in [9.17, 15) is 9.59 Å². The van der Waals surface area contributed by atoms with Crippen LogP contribution in [0.3, 0.4) is 0 Å². The van der Waals surface area contributed by atoms with Crippen LogP contribution < -0.4 is 10.2 Å². The van der Waals surface area contributed by atoms with Gasteiger partial charge in [0.05, 0.1) is 12.8 Å². The number of anilines is 1. The molecule has 0 saturated heterocycles. The molecule has 1 atom stereocenters. The zero-order chi connectivity index (χ0) is 22.3. The minimum absolute atomic E-state index is 0.137. The van der Waals surface area contributed by atoms with Gasteiger partial charge >= 0.3 is 0 Å². The van der Waals surface area contributed by atoms with Crippen molar-refractivity contribution in [3.8, 4) is 11.5 Å². The van der Waals surface area contributed by atoms with Gasteiger partial charge in [-0.1, -0.05) is 37.5 Å². The molecule has 2 amide bonds. The number of amides is 2. The normalized spacial score (nSPS) is 21.4. The van der Waals surface area contributed by atoms with Gasteiger partial charge in [-0.2, -0.15) is 5.10 Å². The second-order valence-corrected chi connectivity index (χ2v) is 9.06. The molecule has 3 aromatic rings. The smallest absolute Gasteiger partial charge is 0.277 e. The lowest BCUT2D eigenvalue weighted by molar-refractivity contribution is -0.127. The third-order valence-electron chi connectivity index (χ3n) is 6.71. The van der Waals surface area contributed by atoms with Crippen molar-refractivity contribution in [1.82, 2.24) is 15.1 Å². The third-order valence-corrected chi connectivity index (χ3v) is 6.71. The highest BCUT2D eigenvalue weighted by Crippen LogP contribution is 2.36. The maximum Gasteiger partial charge on any atom is 0.277 e. The fraction of sp³-hybridized carbons (Fsp3) is 0.400. The van der Waals surface area contributed by atoms with Crippen molar-refractivity contribution in [3.63, 3.8) is 0 Å². The van der Waals surface area contributed by atoms with Crippen LogP contribution in [-0.4, -0.2) is 33.2 Å². The summed E-state index contributed by atoms with van der Waals surface area (Å²) in [5.41, 5.74) is 1.60. The zero-order valence-corrected chi connectivity index (χ0v) is 18.5. The topological polar surface area (TPSA) is 80.4 Å². The van der Waals surface area contributed by atoms with E-state index in [-0.39, 0.29) is 24.4 Å². The predicted molar refractivity (Wildman–Crippen MR) is 121 cm³/mol. The van der Waals surface area contributed by atoms with Gasteiger partial charge in [-0.25, -0.2) is 0 Å². The summed E-state index contributed by atoms with van der Waals surface area (Å²) in [5.74, 6) is 0.217. The molecule has 1 N–H and O–H groups in total. The monoisotopic (exact) mass is 432 g/mol. The van der Waals surface area contributed by atoms with E-state index in [0.717, 1.165) is 36.9 Å². The van der Waals surface area contributed by atoms with Crippen LogP contribution in [0.5, 0.6) is 0 Å². The van der Waals surface area contributed by atoms with Gasteiger partial charge in [0.1, 0.15) is 16.9 Å². The first-order valence-electron chi connectivity index (χ1n) is 11.3. The number of hydrogen-bond donors (Lipinski definition) is 1. The molecule has 1 aliphatic heterocycles. The van der Waals surface area contributed by atoms with Crippen molar-refractivity contribution in [2.24, 2.45) is 0 Å². The lowest BCUT2D eigenvalue weighted by Gasteiger charge is -2.44. The number of aromatic nitrogens is 2. The number of furan rings is 1. The van der Waals surface area contributed by atoms with Gasteiger partial charge in [-0.05, 0) is 50.5 Å². The van der Waals surface area contributed by atoms with Crippen molar-refractivity contribution in [1.29, 1.82) is 0 Å². The molecule has 1 saturated carbocycles. The summed E-state index contributed by atoms with van der Waals surface area (Å²) in [5, 5.41) is 7.86. The molecule has 0 bridgehead atoms. The average molecular weight is 433 g/mol. The summed E-state index contributed by atoms with van der Waals surface area (Å²) in [6.45, 7) is 4.07. The largest absolute Gasteiger partial charge is 0.463 e. The van der Waals surface area contributed by atoms with Crippen molar-refractivity contribution in [2.45, 2.75) is 64.1 Å². The summed E-state index contributed by atoms with van der Waals surface area (Å²) in [7, 11) is 0. The minimum Gasteiger partial charge on any atom is -0.463 e. The Balaban J connectivity index is 1.57. The average Bonchev–Trinajstić information content (AvgIpc) is 3.46. The molecular formula is C25H28N4O3. The van der Waals surface area contributed by atoms with Crippen LogP contribution in [0.4, 0.5) is 5.69 Å².